The number of hydrogen-bond donors (Lipinski definition) is 1. The molecular weight excluding hydrogens is 308 g/mol. The van der Waals surface area contributed by atoms with Crippen LogP contribution in [0.25, 0.3) is 11.0 Å². The van der Waals surface area contributed by atoms with Crippen LogP contribution in [0.5, 0.6) is 5.75 Å². The first-order valence-corrected chi connectivity index (χ1v) is 8.29. The van der Waals surface area contributed by atoms with Gasteiger partial charge in [-0.05, 0) is 19.1 Å². The summed E-state index contributed by atoms with van der Waals surface area (Å²) in [6.07, 6.45) is 1.67. The number of methoxy groups -OCH3 is 1. The Bertz CT molecular complexity index is 702. The van der Waals surface area contributed by atoms with Gasteiger partial charge in [-0.1, -0.05) is 0 Å². The first-order valence-electron chi connectivity index (χ1n) is 8.29. The van der Waals surface area contributed by atoms with Crippen molar-refractivity contribution in [2.24, 2.45) is 0 Å². The number of carbonyl (C=O) groups is 1. The SMILES string of the molecule is COc1ccc2c(CC(=O)N3CCN(CC(C)O)CC3)coc2c1. The van der Waals surface area contributed by atoms with Crippen molar-refractivity contribution in [1.82, 2.24) is 9.80 Å². The fraction of sp³-hybridized carbons (Fsp3) is 0.500. The number of piperazine rings is 1. The Morgan fingerprint density at radius 3 is 2.75 bits per heavy atom. The van der Waals surface area contributed by atoms with Crippen LogP contribution in [0.1, 0.15) is 12.5 Å². The van der Waals surface area contributed by atoms with E-state index in [0.717, 1.165) is 35.4 Å². The number of benzene rings is 1. The molecule has 1 aliphatic heterocycles. The highest BCUT2D eigenvalue weighted by Gasteiger charge is 2.22. The lowest BCUT2D eigenvalue weighted by Crippen LogP contribution is -2.50. The van der Waals surface area contributed by atoms with E-state index in [1.807, 2.05) is 23.1 Å². The minimum Gasteiger partial charge on any atom is -0.497 e. The molecule has 0 bridgehead atoms. The number of aliphatic hydroxyl groups is 1. The Morgan fingerprint density at radius 1 is 1.33 bits per heavy atom. The van der Waals surface area contributed by atoms with Gasteiger partial charge in [0.2, 0.25) is 5.91 Å². The standard InChI is InChI=1S/C18H24N2O4/c1-13(21)11-19-5-7-20(8-6-19)18(22)9-14-12-24-17-10-15(23-2)3-4-16(14)17/h3-4,10,12-13,21H,5-9,11H2,1-2H3. The van der Waals surface area contributed by atoms with E-state index in [2.05, 4.69) is 4.90 Å². The van der Waals surface area contributed by atoms with Crippen LogP contribution in [0, 0.1) is 0 Å². The average molecular weight is 332 g/mol. The molecule has 24 heavy (non-hydrogen) atoms. The normalized spacial score (nSPS) is 17.2. The van der Waals surface area contributed by atoms with Crippen molar-refractivity contribution in [3.8, 4) is 5.75 Å². The molecule has 1 aromatic carbocycles. The lowest BCUT2D eigenvalue weighted by molar-refractivity contribution is -0.132. The van der Waals surface area contributed by atoms with E-state index in [4.69, 9.17) is 9.15 Å². The van der Waals surface area contributed by atoms with E-state index in [1.165, 1.54) is 0 Å². The number of rotatable bonds is 5. The maximum Gasteiger partial charge on any atom is 0.227 e. The molecule has 0 spiro atoms. The van der Waals surface area contributed by atoms with Gasteiger partial charge in [-0.2, -0.15) is 0 Å². The summed E-state index contributed by atoms with van der Waals surface area (Å²) >= 11 is 0. The topological polar surface area (TPSA) is 66.2 Å². The van der Waals surface area contributed by atoms with Crippen LogP contribution >= 0.6 is 0 Å². The summed E-state index contributed by atoms with van der Waals surface area (Å²) in [5.41, 5.74) is 1.64. The number of fused-ring (bicyclic) bond motifs is 1. The second kappa shape index (κ2) is 7.23. The average Bonchev–Trinajstić information content (AvgIpc) is 2.97. The van der Waals surface area contributed by atoms with E-state index in [9.17, 15) is 9.90 Å². The lowest BCUT2D eigenvalue weighted by Gasteiger charge is -2.35. The summed E-state index contributed by atoms with van der Waals surface area (Å²) in [7, 11) is 1.62. The van der Waals surface area contributed by atoms with E-state index >= 15 is 0 Å². The predicted molar refractivity (Wildman–Crippen MR) is 91.2 cm³/mol. The number of furan rings is 1. The van der Waals surface area contributed by atoms with Gasteiger partial charge in [-0.25, -0.2) is 0 Å². The number of β-amino-alcohol motifs (C(OH)–C–C–N with tert-alkyl or cyclic N) is 1. The zero-order chi connectivity index (χ0) is 17.1. The minimum absolute atomic E-state index is 0.116. The van der Waals surface area contributed by atoms with Gasteiger partial charge >= 0.3 is 0 Å². The molecule has 3 rings (SSSR count). The lowest BCUT2D eigenvalue weighted by atomic mass is 10.1. The second-order valence-electron chi connectivity index (χ2n) is 6.33. The third-order valence-corrected chi connectivity index (χ3v) is 4.45. The Morgan fingerprint density at radius 2 is 2.08 bits per heavy atom. The number of aliphatic hydroxyl groups excluding tert-OH is 1. The van der Waals surface area contributed by atoms with Crippen molar-refractivity contribution in [2.45, 2.75) is 19.4 Å². The third kappa shape index (κ3) is 3.71. The summed E-state index contributed by atoms with van der Waals surface area (Å²) in [4.78, 5) is 16.6. The number of carbonyl (C=O) groups excluding carboxylic acids is 1. The summed E-state index contributed by atoms with van der Waals surface area (Å²) < 4.78 is 10.7. The Hall–Kier alpha value is -2.05. The Kier molecular flexibility index (Phi) is 5.06. The molecule has 0 saturated carbocycles. The van der Waals surface area contributed by atoms with E-state index < -0.39 is 0 Å². The molecule has 0 radical (unpaired) electrons. The summed E-state index contributed by atoms with van der Waals surface area (Å²) in [5, 5.41) is 10.4. The Balaban J connectivity index is 1.61. The van der Waals surface area contributed by atoms with Crippen molar-refractivity contribution >= 4 is 16.9 Å². The molecule has 130 valence electrons. The van der Waals surface area contributed by atoms with E-state index in [1.54, 1.807) is 20.3 Å². The molecule has 1 aromatic heterocycles. The molecule has 1 atom stereocenters. The van der Waals surface area contributed by atoms with Crippen molar-refractivity contribution in [3.63, 3.8) is 0 Å². The predicted octanol–water partition coefficient (Wildman–Crippen LogP) is 1.51. The van der Waals surface area contributed by atoms with Crippen LogP contribution in [0.4, 0.5) is 0 Å². The first kappa shape index (κ1) is 16.8. The molecule has 1 fully saturated rings. The van der Waals surface area contributed by atoms with Gasteiger partial charge in [0, 0.05) is 49.7 Å². The summed E-state index contributed by atoms with van der Waals surface area (Å²) in [6, 6.07) is 5.64. The van der Waals surface area contributed by atoms with Gasteiger partial charge in [0.25, 0.3) is 0 Å². The molecule has 2 heterocycles. The second-order valence-corrected chi connectivity index (χ2v) is 6.33. The number of hydrogen-bond acceptors (Lipinski definition) is 5. The minimum atomic E-state index is -0.332. The zero-order valence-electron chi connectivity index (χ0n) is 14.2. The largest absolute Gasteiger partial charge is 0.497 e. The van der Waals surface area contributed by atoms with E-state index in [-0.39, 0.29) is 12.0 Å². The van der Waals surface area contributed by atoms with Crippen LogP contribution in [0.15, 0.2) is 28.9 Å². The number of nitrogens with zero attached hydrogens (tertiary/aromatic N) is 2. The van der Waals surface area contributed by atoms with Crippen LogP contribution < -0.4 is 4.74 Å². The molecule has 6 nitrogen and oxygen atoms in total. The summed E-state index contributed by atoms with van der Waals surface area (Å²) in [6.45, 7) is 5.47. The molecule has 1 unspecified atom stereocenters. The molecule has 0 aliphatic carbocycles. The number of ether oxygens (including phenoxy) is 1. The Labute approximate surface area is 141 Å². The maximum atomic E-state index is 12.6. The van der Waals surface area contributed by atoms with Crippen molar-refractivity contribution < 1.29 is 19.1 Å². The summed E-state index contributed by atoms with van der Waals surface area (Å²) in [5.74, 6) is 0.856. The van der Waals surface area contributed by atoms with Gasteiger partial charge < -0.3 is 19.2 Å². The molecule has 1 amide bonds. The highest BCUT2D eigenvalue weighted by Crippen LogP contribution is 2.26. The van der Waals surface area contributed by atoms with Crippen molar-refractivity contribution in [1.29, 1.82) is 0 Å². The van der Waals surface area contributed by atoms with Crippen LogP contribution in [0.3, 0.4) is 0 Å². The highest BCUT2D eigenvalue weighted by atomic mass is 16.5. The van der Waals surface area contributed by atoms with Gasteiger partial charge in [0.15, 0.2) is 0 Å². The smallest absolute Gasteiger partial charge is 0.227 e. The molecule has 1 N–H and O–H groups in total. The monoisotopic (exact) mass is 332 g/mol. The molecule has 6 heteroatoms. The van der Waals surface area contributed by atoms with Crippen molar-refractivity contribution in [2.75, 3.05) is 39.8 Å². The fourth-order valence-corrected chi connectivity index (χ4v) is 3.16. The number of amides is 1. The first-order chi connectivity index (χ1) is 11.6. The molecule has 2 aromatic rings. The van der Waals surface area contributed by atoms with Gasteiger partial charge in [-0.15, -0.1) is 0 Å². The van der Waals surface area contributed by atoms with E-state index in [0.29, 0.717) is 26.1 Å². The highest BCUT2D eigenvalue weighted by molar-refractivity contribution is 5.88. The quantitative estimate of drug-likeness (QED) is 0.899. The molecular formula is C18H24N2O4. The van der Waals surface area contributed by atoms with Crippen LogP contribution in [-0.2, 0) is 11.2 Å². The maximum absolute atomic E-state index is 12.6. The van der Waals surface area contributed by atoms with Gasteiger partial charge in [-0.3, -0.25) is 9.69 Å². The van der Waals surface area contributed by atoms with Crippen LogP contribution in [0.2, 0.25) is 0 Å². The van der Waals surface area contributed by atoms with Crippen molar-refractivity contribution in [3.05, 3.63) is 30.0 Å². The zero-order valence-corrected chi connectivity index (χ0v) is 14.2. The van der Waals surface area contributed by atoms with Gasteiger partial charge in [0.1, 0.15) is 11.3 Å². The molecule has 1 saturated heterocycles. The van der Waals surface area contributed by atoms with Gasteiger partial charge in [0.05, 0.1) is 25.9 Å². The third-order valence-electron chi connectivity index (χ3n) is 4.45. The molecule has 1 aliphatic rings. The van der Waals surface area contributed by atoms with Crippen LogP contribution in [-0.4, -0.2) is 66.8 Å². The fourth-order valence-electron chi connectivity index (χ4n) is 3.16.